The van der Waals surface area contributed by atoms with Crippen LogP contribution in [0, 0.1) is 0 Å². The lowest BCUT2D eigenvalue weighted by Crippen LogP contribution is -2.16. The third-order valence-corrected chi connectivity index (χ3v) is 2.91. The maximum atomic E-state index is 11.9. The van der Waals surface area contributed by atoms with Gasteiger partial charge in [0, 0.05) is 5.56 Å². The van der Waals surface area contributed by atoms with Crippen molar-refractivity contribution in [1.82, 2.24) is 0 Å². The molecule has 1 aliphatic rings. The highest BCUT2D eigenvalue weighted by Crippen LogP contribution is 2.35. The Balaban J connectivity index is 2.50. The fourth-order valence-electron chi connectivity index (χ4n) is 2.08. The lowest BCUT2D eigenvalue weighted by molar-refractivity contribution is -0.115. The van der Waals surface area contributed by atoms with E-state index in [0.29, 0.717) is 5.56 Å². The molecule has 82 valence electrons. The summed E-state index contributed by atoms with van der Waals surface area (Å²) in [5.74, 6) is -0.0763. The lowest BCUT2D eigenvalue weighted by atomic mass is 9.82. The molecule has 1 aromatic rings. The molecule has 0 fully saturated rings. The summed E-state index contributed by atoms with van der Waals surface area (Å²) < 4.78 is 0. The van der Waals surface area contributed by atoms with Gasteiger partial charge in [-0.2, -0.15) is 0 Å². The number of phenolic OH excluding ortho intramolecular Hbond substituents is 1. The number of para-hydroxylation sites is 1. The molecule has 1 N–H and O–H groups in total. The maximum Gasteiger partial charge on any atom is 0.167 e. The summed E-state index contributed by atoms with van der Waals surface area (Å²) in [6.07, 6.45) is 6.21. The predicted molar refractivity (Wildman–Crippen MR) is 63.4 cm³/mol. The second-order valence-corrected chi connectivity index (χ2v) is 3.86. The van der Waals surface area contributed by atoms with Crippen molar-refractivity contribution in [1.29, 1.82) is 0 Å². The second kappa shape index (κ2) is 4.35. The van der Waals surface area contributed by atoms with Crippen LogP contribution in [0.3, 0.4) is 0 Å². The van der Waals surface area contributed by atoms with Crippen molar-refractivity contribution >= 4 is 5.78 Å². The first kappa shape index (κ1) is 10.7. The number of phenols is 1. The Kier molecular flexibility index (Phi) is 2.91. The minimum atomic E-state index is -0.309. The third kappa shape index (κ3) is 1.78. The summed E-state index contributed by atoms with van der Waals surface area (Å²) in [5, 5.41) is 9.79. The van der Waals surface area contributed by atoms with Gasteiger partial charge in [0.25, 0.3) is 0 Å². The highest BCUT2D eigenvalue weighted by atomic mass is 16.3. The summed E-state index contributed by atoms with van der Waals surface area (Å²) in [5.41, 5.74) is 1.75. The number of allylic oxidation sites excluding steroid dienone is 4. The molecule has 0 aromatic heterocycles. The molecule has 0 spiro atoms. The van der Waals surface area contributed by atoms with E-state index in [2.05, 4.69) is 0 Å². The number of hydrogen-bond donors (Lipinski definition) is 1. The number of ketones is 1. The van der Waals surface area contributed by atoms with E-state index in [1.54, 1.807) is 24.3 Å². The van der Waals surface area contributed by atoms with Crippen molar-refractivity contribution in [3.05, 3.63) is 53.6 Å². The van der Waals surface area contributed by atoms with Crippen molar-refractivity contribution in [2.45, 2.75) is 19.3 Å². The molecule has 2 nitrogen and oxygen atoms in total. The van der Waals surface area contributed by atoms with Gasteiger partial charge in [-0.25, -0.2) is 0 Å². The van der Waals surface area contributed by atoms with Crippen molar-refractivity contribution in [3.63, 3.8) is 0 Å². The minimum Gasteiger partial charge on any atom is -0.508 e. The van der Waals surface area contributed by atoms with Gasteiger partial charge in [0.05, 0.1) is 5.92 Å². The van der Waals surface area contributed by atoms with Crippen LogP contribution in [0.1, 0.15) is 24.8 Å². The van der Waals surface area contributed by atoms with Crippen molar-refractivity contribution in [3.8, 4) is 5.75 Å². The van der Waals surface area contributed by atoms with E-state index in [1.807, 2.05) is 25.1 Å². The van der Waals surface area contributed by atoms with Crippen LogP contribution in [0.5, 0.6) is 5.75 Å². The highest BCUT2D eigenvalue weighted by molar-refractivity contribution is 5.99. The van der Waals surface area contributed by atoms with Gasteiger partial charge in [0.15, 0.2) is 5.78 Å². The molecule has 0 radical (unpaired) electrons. The van der Waals surface area contributed by atoms with E-state index in [1.165, 1.54) is 0 Å². The summed E-state index contributed by atoms with van der Waals surface area (Å²) >= 11 is 0. The van der Waals surface area contributed by atoms with E-state index < -0.39 is 0 Å². The average molecular weight is 214 g/mol. The molecule has 0 aliphatic heterocycles. The Bertz CT molecular complexity index is 469. The summed E-state index contributed by atoms with van der Waals surface area (Å²) in [6, 6.07) is 7.03. The summed E-state index contributed by atoms with van der Waals surface area (Å²) in [6.45, 7) is 1.93. The predicted octanol–water partition coefficient (Wildman–Crippen LogP) is 2.95. The highest BCUT2D eigenvalue weighted by Gasteiger charge is 2.26. The van der Waals surface area contributed by atoms with Crippen molar-refractivity contribution in [2.75, 3.05) is 0 Å². The normalized spacial score (nSPS) is 22.7. The Morgan fingerprint density at radius 3 is 2.81 bits per heavy atom. The molecular formula is C14H14O2. The molecule has 2 heteroatoms. The number of hydrogen-bond acceptors (Lipinski definition) is 2. The van der Waals surface area contributed by atoms with Crippen LogP contribution in [0.15, 0.2) is 48.1 Å². The van der Waals surface area contributed by atoms with Gasteiger partial charge < -0.3 is 5.11 Å². The molecule has 0 saturated carbocycles. The second-order valence-electron chi connectivity index (χ2n) is 3.86. The van der Waals surface area contributed by atoms with Gasteiger partial charge in [-0.3, -0.25) is 4.79 Å². The first-order valence-corrected chi connectivity index (χ1v) is 5.37. The van der Waals surface area contributed by atoms with Crippen LogP contribution in [-0.2, 0) is 4.79 Å². The Hall–Kier alpha value is -1.83. The van der Waals surface area contributed by atoms with Crippen molar-refractivity contribution in [2.24, 2.45) is 0 Å². The van der Waals surface area contributed by atoms with E-state index in [9.17, 15) is 9.90 Å². The van der Waals surface area contributed by atoms with E-state index >= 15 is 0 Å². The molecule has 2 rings (SSSR count). The van der Waals surface area contributed by atoms with Gasteiger partial charge in [0.1, 0.15) is 5.75 Å². The number of carbonyl (C=O) groups excluding carboxylic acids is 1. The Labute approximate surface area is 94.9 Å². The summed E-state index contributed by atoms with van der Waals surface area (Å²) in [4.78, 5) is 11.9. The fourth-order valence-corrected chi connectivity index (χ4v) is 2.08. The van der Waals surface area contributed by atoms with Crippen LogP contribution in [0.2, 0.25) is 0 Å². The molecule has 0 saturated heterocycles. The molecule has 1 aliphatic carbocycles. The first-order valence-electron chi connectivity index (χ1n) is 5.37. The van der Waals surface area contributed by atoms with Crippen LogP contribution >= 0.6 is 0 Å². The van der Waals surface area contributed by atoms with E-state index in [-0.39, 0.29) is 17.5 Å². The number of benzene rings is 1. The zero-order valence-electron chi connectivity index (χ0n) is 9.18. The van der Waals surface area contributed by atoms with Crippen LogP contribution in [-0.4, -0.2) is 10.9 Å². The van der Waals surface area contributed by atoms with Crippen molar-refractivity contribution < 1.29 is 9.90 Å². The SMILES string of the molecule is CC=C1CC=CC(=O)C1c1ccccc1O. The Morgan fingerprint density at radius 2 is 2.12 bits per heavy atom. The Morgan fingerprint density at radius 1 is 1.38 bits per heavy atom. The van der Waals surface area contributed by atoms with Gasteiger partial charge in [-0.15, -0.1) is 0 Å². The van der Waals surface area contributed by atoms with Crippen LogP contribution in [0.4, 0.5) is 0 Å². The average Bonchev–Trinajstić information content (AvgIpc) is 2.30. The minimum absolute atomic E-state index is 0.0425. The number of rotatable bonds is 1. The fraction of sp³-hybridized carbons (Fsp3) is 0.214. The topological polar surface area (TPSA) is 37.3 Å². The van der Waals surface area contributed by atoms with E-state index in [4.69, 9.17) is 0 Å². The molecule has 0 amide bonds. The van der Waals surface area contributed by atoms with Crippen LogP contribution < -0.4 is 0 Å². The van der Waals surface area contributed by atoms with Gasteiger partial charge >= 0.3 is 0 Å². The molecule has 1 atom stereocenters. The summed E-state index contributed by atoms with van der Waals surface area (Å²) in [7, 11) is 0. The molecule has 1 unspecified atom stereocenters. The zero-order chi connectivity index (χ0) is 11.5. The van der Waals surface area contributed by atoms with Gasteiger partial charge in [-0.1, -0.05) is 35.9 Å². The number of carbonyl (C=O) groups is 1. The maximum absolute atomic E-state index is 11.9. The molecule has 16 heavy (non-hydrogen) atoms. The molecule has 0 bridgehead atoms. The van der Waals surface area contributed by atoms with E-state index in [0.717, 1.165) is 12.0 Å². The number of aromatic hydroxyl groups is 1. The monoisotopic (exact) mass is 214 g/mol. The quantitative estimate of drug-likeness (QED) is 0.730. The smallest absolute Gasteiger partial charge is 0.167 e. The zero-order valence-corrected chi connectivity index (χ0v) is 9.18. The molecular weight excluding hydrogens is 200 g/mol. The molecule has 1 aromatic carbocycles. The largest absolute Gasteiger partial charge is 0.508 e. The van der Waals surface area contributed by atoms with Gasteiger partial charge in [-0.05, 0) is 25.5 Å². The first-order chi connectivity index (χ1) is 7.74. The van der Waals surface area contributed by atoms with Gasteiger partial charge in [0.2, 0.25) is 0 Å². The standard InChI is InChI=1S/C14H14O2/c1-2-10-6-5-9-13(16)14(10)11-7-3-4-8-12(11)15/h2-5,7-9,14-15H,6H2,1H3. The third-order valence-electron chi connectivity index (χ3n) is 2.91. The lowest BCUT2D eigenvalue weighted by Gasteiger charge is -2.21. The van der Waals surface area contributed by atoms with Crippen LogP contribution in [0.25, 0.3) is 0 Å². The molecule has 0 heterocycles.